The number of aromatic nitrogens is 6. The van der Waals surface area contributed by atoms with Crippen molar-refractivity contribution in [1.82, 2.24) is 29.3 Å². The summed E-state index contributed by atoms with van der Waals surface area (Å²) in [6.07, 6.45) is 1.46. The second kappa shape index (κ2) is 7.40. The fraction of sp³-hybridized carbons (Fsp3) is 0.318. The smallest absolute Gasteiger partial charge is 0.278 e. The van der Waals surface area contributed by atoms with Crippen molar-refractivity contribution < 1.29 is 4.39 Å². The van der Waals surface area contributed by atoms with Crippen molar-refractivity contribution in [3.8, 4) is 11.3 Å². The van der Waals surface area contributed by atoms with Gasteiger partial charge in [-0.2, -0.15) is 10.1 Å². The summed E-state index contributed by atoms with van der Waals surface area (Å²) in [6, 6.07) is 4.85. The van der Waals surface area contributed by atoms with E-state index in [9.17, 15) is 9.18 Å². The molecule has 9 nitrogen and oxygen atoms in total. The first-order chi connectivity index (χ1) is 15.0. The third kappa shape index (κ3) is 3.68. The second-order valence-corrected chi connectivity index (χ2v) is 8.82. The molecule has 0 spiro atoms. The van der Waals surface area contributed by atoms with Gasteiger partial charge in [-0.25, -0.2) is 14.4 Å². The molecule has 166 valence electrons. The Labute approximate surface area is 184 Å². The molecule has 32 heavy (non-hydrogen) atoms. The maximum absolute atomic E-state index is 14.9. The molecule has 0 unspecified atom stereocenters. The molecule has 0 atom stereocenters. The third-order valence-corrected chi connectivity index (χ3v) is 5.31. The van der Waals surface area contributed by atoms with E-state index in [1.54, 1.807) is 31.8 Å². The molecule has 0 radical (unpaired) electrons. The average molecular weight is 436 g/mol. The second-order valence-electron chi connectivity index (χ2n) is 8.82. The summed E-state index contributed by atoms with van der Waals surface area (Å²) in [6.45, 7) is 7.90. The summed E-state index contributed by atoms with van der Waals surface area (Å²) < 4.78 is 17.9. The first-order valence-electron chi connectivity index (χ1n) is 10.1. The number of benzene rings is 1. The highest BCUT2D eigenvalue weighted by molar-refractivity contribution is 5.77. The monoisotopic (exact) mass is 436 g/mol. The number of nitrogens with two attached hydrogens (primary N) is 1. The molecule has 0 saturated heterocycles. The molecule has 1 aromatic carbocycles. The number of aryl methyl sites for hydroxylation is 3. The Bertz CT molecular complexity index is 1410. The third-order valence-electron chi connectivity index (χ3n) is 5.31. The molecule has 0 aliphatic rings. The van der Waals surface area contributed by atoms with E-state index in [0.29, 0.717) is 28.1 Å². The van der Waals surface area contributed by atoms with E-state index >= 15 is 0 Å². The van der Waals surface area contributed by atoms with Gasteiger partial charge in [-0.15, -0.1) is 0 Å². The van der Waals surface area contributed by atoms with Crippen molar-refractivity contribution in [3.63, 3.8) is 0 Å². The molecule has 3 N–H and O–H groups in total. The van der Waals surface area contributed by atoms with E-state index in [0.717, 1.165) is 5.69 Å². The molecule has 3 heterocycles. The lowest BCUT2D eigenvalue weighted by Crippen LogP contribution is -2.22. The predicted molar refractivity (Wildman–Crippen MR) is 122 cm³/mol. The van der Waals surface area contributed by atoms with E-state index in [1.165, 1.54) is 16.8 Å². The van der Waals surface area contributed by atoms with Crippen LogP contribution in [0.15, 0.2) is 29.2 Å². The Kier molecular flexibility index (Phi) is 4.95. The van der Waals surface area contributed by atoms with E-state index in [-0.39, 0.29) is 28.3 Å². The van der Waals surface area contributed by atoms with Crippen LogP contribution in [0.5, 0.6) is 0 Å². The Balaban J connectivity index is 1.84. The van der Waals surface area contributed by atoms with Crippen molar-refractivity contribution in [2.45, 2.75) is 33.1 Å². The van der Waals surface area contributed by atoms with E-state index in [2.05, 4.69) is 46.1 Å². The summed E-state index contributed by atoms with van der Waals surface area (Å²) in [5, 5.41) is 7.61. The van der Waals surface area contributed by atoms with Crippen molar-refractivity contribution in [1.29, 1.82) is 0 Å². The number of rotatable bonds is 3. The molecule has 0 aliphatic heterocycles. The molecule has 0 saturated carbocycles. The van der Waals surface area contributed by atoms with Crippen LogP contribution < -0.4 is 16.6 Å². The molecule has 0 amide bonds. The van der Waals surface area contributed by atoms with Gasteiger partial charge in [-0.05, 0) is 24.6 Å². The van der Waals surface area contributed by atoms with Crippen LogP contribution in [0.4, 0.5) is 21.8 Å². The lowest BCUT2D eigenvalue weighted by Gasteiger charge is -2.14. The topological polar surface area (TPSA) is 117 Å². The van der Waals surface area contributed by atoms with Crippen molar-refractivity contribution in [2.24, 2.45) is 14.1 Å². The Morgan fingerprint density at radius 1 is 1.12 bits per heavy atom. The van der Waals surface area contributed by atoms with Gasteiger partial charge < -0.3 is 11.1 Å². The quantitative estimate of drug-likeness (QED) is 0.506. The van der Waals surface area contributed by atoms with Gasteiger partial charge in [-0.3, -0.25) is 14.0 Å². The minimum atomic E-state index is -0.446. The van der Waals surface area contributed by atoms with Crippen LogP contribution in [0.1, 0.15) is 32.0 Å². The van der Waals surface area contributed by atoms with Gasteiger partial charge >= 0.3 is 0 Å². The Morgan fingerprint density at radius 2 is 1.84 bits per heavy atom. The van der Waals surface area contributed by atoms with Crippen LogP contribution in [-0.2, 0) is 19.5 Å². The molecule has 0 aliphatic carbocycles. The standard InChI is InChI=1S/C22H25FN8O/c1-11-7-13(23)14(26-17-9-16(22(2,3)4)29-31(17)6)8-12(11)18-20(32)30(5)19-15(27-18)10-25-21(24)28-19/h7-10,26H,1-6H3,(H2,24,25,28). The van der Waals surface area contributed by atoms with Crippen LogP contribution in [0.2, 0.25) is 0 Å². The lowest BCUT2D eigenvalue weighted by molar-refractivity contribution is 0.553. The lowest BCUT2D eigenvalue weighted by atomic mass is 9.92. The normalized spacial score (nSPS) is 11.8. The first-order valence-corrected chi connectivity index (χ1v) is 10.1. The number of halogens is 1. The highest BCUT2D eigenvalue weighted by Crippen LogP contribution is 2.30. The summed E-state index contributed by atoms with van der Waals surface area (Å²) in [4.78, 5) is 25.6. The van der Waals surface area contributed by atoms with Gasteiger partial charge in [0, 0.05) is 31.1 Å². The summed E-state index contributed by atoms with van der Waals surface area (Å²) in [5.74, 6) is 0.239. The summed E-state index contributed by atoms with van der Waals surface area (Å²) >= 11 is 0. The van der Waals surface area contributed by atoms with Crippen LogP contribution in [0, 0.1) is 12.7 Å². The van der Waals surface area contributed by atoms with Crippen LogP contribution in [0.3, 0.4) is 0 Å². The van der Waals surface area contributed by atoms with Gasteiger partial charge in [0.25, 0.3) is 5.56 Å². The average Bonchev–Trinajstić information content (AvgIpc) is 3.08. The number of fused-ring (bicyclic) bond motifs is 1. The predicted octanol–water partition coefficient (Wildman–Crippen LogP) is 3.19. The zero-order chi connectivity index (χ0) is 23.4. The summed E-state index contributed by atoms with van der Waals surface area (Å²) in [5.41, 5.74) is 8.21. The van der Waals surface area contributed by atoms with Crippen LogP contribution in [0.25, 0.3) is 22.4 Å². The van der Waals surface area contributed by atoms with E-state index in [4.69, 9.17) is 5.73 Å². The Hall–Kier alpha value is -3.82. The largest absolute Gasteiger partial charge is 0.368 e. The van der Waals surface area contributed by atoms with Gasteiger partial charge in [0.15, 0.2) is 5.65 Å². The van der Waals surface area contributed by atoms with Crippen LogP contribution >= 0.6 is 0 Å². The van der Waals surface area contributed by atoms with Gasteiger partial charge in [-0.1, -0.05) is 20.8 Å². The fourth-order valence-electron chi connectivity index (χ4n) is 3.42. The van der Waals surface area contributed by atoms with E-state index < -0.39 is 5.82 Å². The zero-order valence-corrected chi connectivity index (χ0v) is 18.9. The fourth-order valence-corrected chi connectivity index (χ4v) is 3.42. The van der Waals surface area contributed by atoms with Crippen molar-refractivity contribution >= 4 is 28.6 Å². The van der Waals surface area contributed by atoms with Crippen molar-refractivity contribution in [2.75, 3.05) is 11.1 Å². The zero-order valence-electron chi connectivity index (χ0n) is 18.9. The molecule has 0 bridgehead atoms. The first kappa shape index (κ1) is 21.4. The number of anilines is 3. The van der Waals surface area contributed by atoms with Gasteiger partial charge in [0.1, 0.15) is 22.8 Å². The maximum Gasteiger partial charge on any atom is 0.278 e. The Morgan fingerprint density at radius 3 is 2.50 bits per heavy atom. The molecule has 4 aromatic rings. The molecule has 0 fully saturated rings. The maximum atomic E-state index is 14.9. The minimum absolute atomic E-state index is 0.0531. The van der Waals surface area contributed by atoms with Crippen molar-refractivity contribution in [3.05, 3.63) is 51.8 Å². The molecule has 10 heteroatoms. The molecule has 4 rings (SSSR count). The molecule has 3 aromatic heterocycles. The number of nitrogens with one attached hydrogen (secondary N) is 1. The van der Waals surface area contributed by atoms with Gasteiger partial charge in [0.2, 0.25) is 5.95 Å². The molecular formula is C22H25FN8O. The SMILES string of the molecule is Cc1cc(F)c(Nc2cc(C(C)(C)C)nn2C)cc1-c1nc2cnc(N)nc2n(C)c1=O. The highest BCUT2D eigenvalue weighted by atomic mass is 19.1. The summed E-state index contributed by atoms with van der Waals surface area (Å²) in [7, 11) is 3.38. The number of hydrogen-bond donors (Lipinski definition) is 2. The van der Waals surface area contributed by atoms with Crippen LogP contribution in [-0.4, -0.2) is 29.3 Å². The van der Waals surface area contributed by atoms with Gasteiger partial charge in [0.05, 0.1) is 17.6 Å². The number of nitrogens with zero attached hydrogens (tertiary/aromatic N) is 6. The minimum Gasteiger partial charge on any atom is -0.368 e. The van der Waals surface area contributed by atoms with E-state index in [1.807, 2.05) is 6.07 Å². The number of nitrogen functional groups attached to an aromatic ring is 1. The highest BCUT2D eigenvalue weighted by Gasteiger charge is 2.21. The molecular weight excluding hydrogens is 411 g/mol. The number of hydrogen-bond acceptors (Lipinski definition) is 7.